The third-order valence-electron chi connectivity index (χ3n) is 3.61. The topological polar surface area (TPSA) is 52.3 Å². The van der Waals surface area contributed by atoms with Crippen molar-refractivity contribution in [3.8, 4) is 0 Å². The van der Waals surface area contributed by atoms with Crippen molar-refractivity contribution in [3.63, 3.8) is 0 Å². The Balaban J connectivity index is -0.00000180. The minimum atomic E-state index is -0.493. The van der Waals surface area contributed by atoms with Crippen molar-refractivity contribution >= 4 is 5.97 Å². The SMILES string of the molecule is CCCCCCCCCCCCCCOC(=O)[C@H](C)N.[H-].[Na+]. The van der Waals surface area contributed by atoms with Crippen molar-refractivity contribution in [1.82, 2.24) is 0 Å². The van der Waals surface area contributed by atoms with Gasteiger partial charge in [0, 0.05) is 0 Å². The van der Waals surface area contributed by atoms with Crippen molar-refractivity contribution in [2.45, 2.75) is 96.9 Å². The summed E-state index contributed by atoms with van der Waals surface area (Å²) in [6, 6.07) is -0.493. The van der Waals surface area contributed by atoms with Gasteiger partial charge in [0.25, 0.3) is 0 Å². The van der Waals surface area contributed by atoms with Crippen LogP contribution in [0.4, 0.5) is 0 Å². The molecule has 0 aliphatic rings. The molecule has 21 heavy (non-hydrogen) atoms. The number of rotatable bonds is 14. The molecule has 0 aliphatic carbocycles. The first kappa shape index (κ1) is 23.7. The van der Waals surface area contributed by atoms with E-state index in [1.165, 1.54) is 64.2 Å². The second-order valence-corrected chi connectivity index (χ2v) is 5.85. The van der Waals surface area contributed by atoms with Gasteiger partial charge in [-0.15, -0.1) is 0 Å². The van der Waals surface area contributed by atoms with Crippen molar-refractivity contribution in [2.75, 3.05) is 6.61 Å². The summed E-state index contributed by atoms with van der Waals surface area (Å²) in [6.45, 7) is 4.44. The molecular formula is C17H36NNaO2. The van der Waals surface area contributed by atoms with Crippen LogP contribution in [0.1, 0.15) is 92.3 Å². The molecule has 0 aromatic carbocycles. The summed E-state index contributed by atoms with van der Waals surface area (Å²) in [5, 5.41) is 0. The van der Waals surface area contributed by atoms with Gasteiger partial charge in [-0.2, -0.15) is 0 Å². The van der Waals surface area contributed by atoms with E-state index in [1.54, 1.807) is 6.92 Å². The molecule has 0 heterocycles. The molecule has 0 bridgehead atoms. The summed E-state index contributed by atoms with van der Waals surface area (Å²) in [5.74, 6) is -0.284. The second-order valence-electron chi connectivity index (χ2n) is 5.85. The molecule has 0 aromatic heterocycles. The summed E-state index contributed by atoms with van der Waals surface area (Å²) in [6.07, 6.45) is 15.8. The largest absolute Gasteiger partial charge is 1.00 e. The number of nitrogens with two attached hydrogens (primary N) is 1. The number of carbonyl (C=O) groups is 1. The summed E-state index contributed by atoms with van der Waals surface area (Å²) < 4.78 is 5.03. The normalized spacial score (nSPS) is 11.8. The third kappa shape index (κ3) is 18.4. The van der Waals surface area contributed by atoms with Crippen LogP contribution >= 0.6 is 0 Å². The van der Waals surface area contributed by atoms with E-state index >= 15 is 0 Å². The first-order valence-electron chi connectivity index (χ1n) is 8.60. The standard InChI is InChI=1S/C17H35NO2.Na.H/c1-3-4-5-6-7-8-9-10-11-12-13-14-15-20-17(19)16(2)18;;/h16H,3-15,18H2,1-2H3;;/q;+1;-1/t16-;;/m0../s1. The Kier molecular flexibility index (Phi) is 20.8. The zero-order valence-corrected chi connectivity index (χ0v) is 16.7. The molecule has 0 spiro atoms. The summed E-state index contributed by atoms with van der Waals surface area (Å²) >= 11 is 0. The van der Waals surface area contributed by atoms with Gasteiger partial charge in [0.2, 0.25) is 0 Å². The molecule has 0 saturated heterocycles. The van der Waals surface area contributed by atoms with Gasteiger partial charge in [0.15, 0.2) is 0 Å². The van der Waals surface area contributed by atoms with E-state index in [1.807, 2.05) is 0 Å². The molecule has 3 nitrogen and oxygen atoms in total. The first-order chi connectivity index (χ1) is 9.68. The molecule has 0 unspecified atom stereocenters. The van der Waals surface area contributed by atoms with Gasteiger partial charge in [-0.3, -0.25) is 4.79 Å². The smallest absolute Gasteiger partial charge is 1.00 e. The number of ether oxygens (including phenoxy) is 1. The fourth-order valence-corrected chi connectivity index (χ4v) is 2.25. The van der Waals surface area contributed by atoms with E-state index in [0.717, 1.165) is 12.8 Å². The number of hydrogen-bond acceptors (Lipinski definition) is 3. The molecule has 0 radical (unpaired) electrons. The van der Waals surface area contributed by atoms with Crippen LogP contribution in [0, 0.1) is 0 Å². The zero-order valence-electron chi connectivity index (χ0n) is 15.7. The van der Waals surface area contributed by atoms with Crippen LogP contribution in [0.2, 0.25) is 0 Å². The van der Waals surface area contributed by atoms with Crippen molar-refractivity contribution < 1.29 is 40.5 Å². The van der Waals surface area contributed by atoms with E-state index in [9.17, 15) is 4.79 Å². The van der Waals surface area contributed by atoms with Crippen LogP contribution in [0.15, 0.2) is 0 Å². The predicted octanol–water partition coefficient (Wildman–Crippen LogP) is 1.69. The molecule has 1 atom stereocenters. The number of esters is 1. The average molecular weight is 309 g/mol. The summed E-state index contributed by atoms with van der Waals surface area (Å²) in [7, 11) is 0. The van der Waals surface area contributed by atoms with Gasteiger partial charge in [0.05, 0.1) is 6.61 Å². The molecule has 122 valence electrons. The Morgan fingerprint density at radius 2 is 1.29 bits per heavy atom. The van der Waals surface area contributed by atoms with Gasteiger partial charge >= 0.3 is 35.5 Å². The van der Waals surface area contributed by atoms with Crippen LogP contribution in [-0.4, -0.2) is 18.6 Å². The molecule has 4 heteroatoms. The first-order valence-corrected chi connectivity index (χ1v) is 8.60. The van der Waals surface area contributed by atoms with Crippen LogP contribution < -0.4 is 35.3 Å². The Hall–Kier alpha value is 0.430. The second kappa shape index (κ2) is 18.5. The Bertz CT molecular complexity index is 229. The van der Waals surface area contributed by atoms with Crippen LogP contribution in [0.25, 0.3) is 0 Å². The number of carbonyl (C=O) groups excluding carboxylic acids is 1. The minimum absolute atomic E-state index is 0. The van der Waals surface area contributed by atoms with Gasteiger partial charge in [-0.25, -0.2) is 0 Å². The van der Waals surface area contributed by atoms with Crippen molar-refractivity contribution in [3.05, 3.63) is 0 Å². The fourth-order valence-electron chi connectivity index (χ4n) is 2.25. The maximum absolute atomic E-state index is 11.1. The van der Waals surface area contributed by atoms with Crippen LogP contribution in [-0.2, 0) is 9.53 Å². The average Bonchev–Trinajstić information content (AvgIpc) is 2.43. The molecule has 0 fully saturated rings. The molecule has 0 amide bonds. The molecule has 2 N–H and O–H groups in total. The van der Waals surface area contributed by atoms with E-state index in [2.05, 4.69) is 6.92 Å². The molecular weight excluding hydrogens is 273 g/mol. The zero-order chi connectivity index (χ0) is 15.1. The maximum Gasteiger partial charge on any atom is 1.00 e. The van der Waals surface area contributed by atoms with Crippen LogP contribution in [0.5, 0.6) is 0 Å². The Labute approximate surface area is 155 Å². The maximum atomic E-state index is 11.1. The fraction of sp³-hybridized carbons (Fsp3) is 0.941. The summed E-state index contributed by atoms with van der Waals surface area (Å²) in [4.78, 5) is 11.1. The van der Waals surface area contributed by atoms with Crippen molar-refractivity contribution in [2.24, 2.45) is 5.73 Å². The Morgan fingerprint density at radius 3 is 1.67 bits per heavy atom. The van der Waals surface area contributed by atoms with E-state index < -0.39 is 6.04 Å². The molecule has 0 aliphatic heterocycles. The van der Waals surface area contributed by atoms with E-state index in [-0.39, 0.29) is 37.0 Å². The van der Waals surface area contributed by atoms with E-state index in [0.29, 0.717) is 6.61 Å². The summed E-state index contributed by atoms with van der Waals surface area (Å²) in [5.41, 5.74) is 5.41. The van der Waals surface area contributed by atoms with Gasteiger partial charge in [-0.1, -0.05) is 77.6 Å². The van der Waals surface area contributed by atoms with Gasteiger partial charge < -0.3 is 11.9 Å². The van der Waals surface area contributed by atoms with Gasteiger partial charge in [0.1, 0.15) is 6.04 Å². The number of unbranched alkanes of at least 4 members (excludes halogenated alkanes) is 11. The minimum Gasteiger partial charge on any atom is -1.00 e. The van der Waals surface area contributed by atoms with Gasteiger partial charge in [-0.05, 0) is 13.3 Å². The molecule has 0 rings (SSSR count). The predicted molar refractivity (Wildman–Crippen MR) is 86.8 cm³/mol. The molecule has 0 aromatic rings. The number of hydrogen-bond donors (Lipinski definition) is 1. The quantitative estimate of drug-likeness (QED) is 0.302. The van der Waals surface area contributed by atoms with Crippen LogP contribution in [0.3, 0.4) is 0 Å². The monoisotopic (exact) mass is 309 g/mol. The van der Waals surface area contributed by atoms with E-state index in [4.69, 9.17) is 10.5 Å². The Morgan fingerprint density at radius 1 is 0.905 bits per heavy atom. The molecule has 0 saturated carbocycles. The van der Waals surface area contributed by atoms with Crippen molar-refractivity contribution in [1.29, 1.82) is 0 Å². The third-order valence-corrected chi connectivity index (χ3v) is 3.61.